The third-order valence-corrected chi connectivity index (χ3v) is 4.23. The van der Waals surface area contributed by atoms with E-state index in [-0.39, 0.29) is 5.91 Å². The first-order valence-electron chi connectivity index (χ1n) is 8.37. The molecule has 0 radical (unpaired) electrons. The number of hydrogen-bond acceptors (Lipinski definition) is 3. The lowest BCUT2D eigenvalue weighted by atomic mass is 10.1. The van der Waals surface area contributed by atoms with Crippen LogP contribution in [0.3, 0.4) is 0 Å². The van der Waals surface area contributed by atoms with Crippen molar-refractivity contribution in [1.82, 2.24) is 19.6 Å². The molecule has 1 amide bonds. The van der Waals surface area contributed by atoms with Gasteiger partial charge in [-0.25, -0.2) is 4.68 Å². The molecule has 0 aliphatic rings. The van der Waals surface area contributed by atoms with Crippen LogP contribution < -0.4 is 5.32 Å². The monoisotopic (exact) mass is 337 g/mol. The van der Waals surface area contributed by atoms with Gasteiger partial charge < -0.3 is 5.32 Å². The Morgan fingerprint density at radius 2 is 2.04 bits per heavy atom. The molecule has 1 N–H and O–H groups in total. The Hall–Kier alpha value is -2.89. The summed E-state index contributed by atoms with van der Waals surface area (Å²) in [5.41, 5.74) is 4.37. The zero-order chi connectivity index (χ0) is 17.8. The maximum absolute atomic E-state index is 12.3. The van der Waals surface area contributed by atoms with Gasteiger partial charge in [-0.05, 0) is 31.9 Å². The minimum absolute atomic E-state index is 0.0182. The molecule has 3 aromatic rings. The highest BCUT2D eigenvalue weighted by Gasteiger charge is 2.12. The molecule has 6 nitrogen and oxygen atoms in total. The second kappa shape index (κ2) is 7.34. The van der Waals surface area contributed by atoms with Crippen molar-refractivity contribution in [3.8, 4) is 0 Å². The van der Waals surface area contributed by atoms with Crippen LogP contribution in [-0.2, 0) is 24.8 Å². The van der Waals surface area contributed by atoms with Gasteiger partial charge in [0.1, 0.15) is 5.82 Å². The van der Waals surface area contributed by atoms with Crippen LogP contribution in [0, 0.1) is 13.8 Å². The molecule has 0 fully saturated rings. The molecule has 0 aliphatic heterocycles. The minimum atomic E-state index is -0.0182. The predicted octanol–water partition coefficient (Wildman–Crippen LogP) is 2.85. The Morgan fingerprint density at radius 1 is 1.20 bits per heavy atom. The van der Waals surface area contributed by atoms with E-state index in [0.717, 1.165) is 22.6 Å². The number of hydrogen-bond donors (Lipinski definition) is 1. The van der Waals surface area contributed by atoms with E-state index in [2.05, 4.69) is 40.6 Å². The first-order valence-corrected chi connectivity index (χ1v) is 8.37. The fraction of sp³-hybridized carbons (Fsp3) is 0.316. The normalized spacial score (nSPS) is 10.8. The summed E-state index contributed by atoms with van der Waals surface area (Å²) >= 11 is 0. The van der Waals surface area contributed by atoms with E-state index in [1.54, 1.807) is 17.1 Å². The van der Waals surface area contributed by atoms with Crippen molar-refractivity contribution in [2.45, 2.75) is 33.2 Å². The summed E-state index contributed by atoms with van der Waals surface area (Å²) in [6, 6.07) is 10.2. The van der Waals surface area contributed by atoms with Gasteiger partial charge in [0, 0.05) is 30.9 Å². The van der Waals surface area contributed by atoms with Gasteiger partial charge in [0.15, 0.2) is 0 Å². The zero-order valence-electron chi connectivity index (χ0n) is 14.9. The highest BCUT2D eigenvalue weighted by atomic mass is 16.1. The molecule has 0 spiro atoms. The van der Waals surface area contributed by atoms with Crippen molar-refractivity contribution >= 4 is 11.7 Å². The summed E-state index contributed by atoms with van der Waals surface area (Å²) in [4.78, 5) is 12.3. The molecular formula is C19H23N5O. The number of rotatable bonds is 6. The van der Waals surface area contributed by atoms with Crippen molar-refractivity contribution in [3.63, 3.8) is 0 Å². The van der Waals surface area contributed by atoms with Gasteiger partial charge in [-0.3, -0.25) is 9.48 Å². The fourth-order valence-corrected chi connectivity index (χ4v) is 2.83. The first-order chi connectivity index (χ1) is 12.0. The Balaban J connectivity index is 1.67. The third kappa shape index (κ3) is 4.15. The number of aromatic nitrogens is 4. The summed E-state index contributed by atoms with van der Waals surface area (Å²) in [7, 11) is 1.88. The molecule has 2 aromatic heterocycles. The van der Waals surface area contributed by atoms with Gasteiger partial charge in [0.2, 0.25) is 5.91 Å². The quantitative estimate of drug-likeness (QED) is 0.752. The minimum Gasteiger partial charge on any atom is -0.311 e. The van der Waals surface area contributed by atoms with Crippen LogP contribution >= 0.6 is 0 Å². The van der Waals surface area contributed by atoms with Crippen LogP contribution in [-0.4, -0.2) is 25.5 Å². The molecule has 0 aliphatic carbocycles. The number of carbonyl (C=O) groups excluding carboxylic acids is 1. The number of aryl methyl sites for hydroxylation is 4. The van der Waals surface area contributed by atoms with E-state index in [1.807, 2.05) is 30.8 Å². The highest BCUT2D eigenvalue weighted by molar-refractivity contribution is 5.90. The summed E-state index contributed by atoms with van der Waals surface area (Å²) in [5.74, 6) is 0.742. The number of nitrogens with zero attached hydrogens (tertiary/aromatic N) is 4. The van der Waals surface area contributed by atoms with Gasteiger partial charge in [-0.15, -0.1) is 0 Å². The van der Waals surface area contributed by atoms with Crippen molar-refractivity contribution in [1.29, 1.82) is 0 Å². The average molecular weight is 337 g/mol. The highest BCUT2D eigenvalue weighted by Crippen LogP contribution is 2.17. The van der Waals surface area contributed by atoms with Crippen LogP contribution in [0.1, 0.15) is 28.8 Å². The van der Waals surface area contributed by atoms with Crippen molar-refractivity contribution in [3.05, 3.63) is 65.1 Å². The molecule has 1 aromatic carbocycles. The van der Waals surface area contributed by atoms with Gasteiger partial charge in [0.25, 0.3) is 0 Å². The lowest BCUT2D eigenvalue weighted by Crippen LogP contribution is -2.17. The number of amides is 1. The summed E-state index contributed by atoms with van der Waals surface area (Å²) in [5, 5.41) is 11.5. The molecule has 130 valence electrons. The predicted molar refractivity (Wildman–Crippen MR) is 97.4 cm³/mol. The van der Waals surface area contributed by atoms with E-state index in [4.69, 9.17) is 0 Å². The summed E-state index contributed by atoms with van der Waals surface area (Å²) in [6.07, 6.45) is 4.60. The van der Waals surface area contributed by atoms with E-state index >= 15 is 0 Å². The second-order valence-corrected chi connectivity index (χ2v) is 6.32. The molecule has 2 heterocycles. The number of carbonyl (C=O) groups is 1. The first kappa shape index (κ1) is 17.0. The van der Waals surface area contributed by atoms with E-state index in [9.17, 15) is 4.79 Å². The Morgan fingerprint density at radius 3 is 2.76 bits per heavy atom. The molecule has 6 heteroatoms. The lowest BCUT2D eigenvalue weighted by Gasteiger charge is -2.11. The maximum Gasteiger partial charge on any atom is 0.225 e. The summed E-state index contributed by atoms with van der Waals surface area (Å²) < 4.78 is 3.63. The molecule has 0 atom stereocenters. The van der Waals surface area contributed by atoms with Crippen LogP contribution in [0.2, 0.25) is 0 Å². The zero-order valence-corrected chi connectivity index (χ0v) is 14.9. The van der Waals surface area contributed by atoms with Crippen LogP contribution in [0.15, 0.2) is 42.7 Å². The molecular weight excluding hydrogens is 314 g/mol. The molecule has 0 bridgehead atoms. The number of nitrogens with one attached hydrogen (secondary N) is 1. The maximum atomic E-state index is 12.3. The molecule has 0 unspecified atom stereocenters. The van der Waals surface area contributed by atoms with E-state index < -0.39 is 0 Å². The van der Waals surface area contributed by atoms with Gasteiger partial charge in [0.05, 0.1) is 12.7 Å². The molecule has 25 heavy (non-hydrogen) atoms. The largest absolute Gasteiger partial charge is 0.311 e. The van der Waals surface area contributed by atoms with Gasteiger partial charge in [-0.1, -0.05) is 29.8 Å². The van der Waals surface area contributed by atoms with E-state index in [1.165, 1.54) is 5.56 Å². The van der Waals surface area contributed by atoms with Crippen molar-refractivity contribution in [2.75, 3.05) is 5.32 Å². The molecule has 0 saturated heterocycles. The molecule has 0 saturated carbocycles. The van der Waals surface area contributed by atoms with Gasteiger partial charge >= 0.3 is 0 Å². The second-order valence-electron chi connectivity index (χ2n) is 6.32. The van der Waals surface area contributed by atoms with Crippen LogP contribution in [0.4, 0.5) is 5.82 Å². The standard InChI is InChI=1S/C19H23N5O/c1-14-5-4-6-16(11-14)13-24-19(15(2)12-21-24)22-18(25)8-7-17-9-10-20-23(17)3/h4-6,9-12H,7-8,13H2,1-3H3,(H,22,25). The third-order valence-electron chi connectivity index (χ3n) is 4.23. The fourth-order valence-electron chi connectivity index (χ4n) is 2.83. The topological polar surface area (TPSA) is 64.7 Å². The van der Waals surface area contributed by atoms with Crippen LogP contribution in [0.5, 0.6) is 0 Å². The van der Waals surface area contributed by atoms with Crippen LogP contribution in [0.25, 0.3) is 0 Å². The smallest absolute Gasteiger partial charge is 0.225 e. The van der Waals surface area contributed by atoms with Gasteiger partial charge in [-0.2, -0.15) is 10.2 Å². The number of anilines is 1. The van der Waals surface area contributed by atoms with E-state index in [0.29, 0.717) is 19.4 Å². The average Bonchev–Trinajstić information content (AvgIpc) is 3.13. The van der Waals surface area contributed by atoms with Crippen molar-refractivity contribution in [2.24, 2.45) is 7.05 Å². The Kier molecular flexibility index (Phi) is 4.97. The molecule has 3 rings (SSSR count). The Bertz CT molecular complexity index is 878. The van der Waals surface area contributed by atoms with Crippen molar-refractivity contribution < 1.29 is 4.79 Å². The lowest BCUT2D eigenvalue weighted by molar-refractivity contribution is -0.116. The number of benzene rings is 1. The Labute approximate surface area is 147 Å². The SMILES string of the molecule is Cc1cccc(Cn2ncc(C)c2NC(=O)CCc2ccnn2C)c1. The summed E-state index contributed by atoms with van der Waals surface area (Å²) in [6.45, 7) is 4.66.